The highest BCUT2D eigenvalue weighted by molar-refractivity contribution is 5.95. The second kappa shape index (κ2) is 11.1. The molecule has 198 valence electrons. The van der Waals surface area contributed by atoms with E-state index >= 15 is 0 Å². The summed E-state index contributed by atoms with van der Waals surface area (Å²) < 4.78 is 12.5. The first-order chi connectivity index (χ1) is 18.1. The van der Waals surface area contributed by atoms with Gasteiger partial charge in [0.05, 0.1) is 36.9 Å². The molecule has 0 saturated heterocycles. The van der Waals surface area contributed by atoms with Crippen LogP contribution < -0.4 is 15.0 Å². The highest BCUT2D eigenvalue weighted by Gasteiger charge is 2.29. The Morgan fingerprint density at radius 1 is 0.921 bits per heavy atom. The fourth-order valence-electron chi connectivity index (χ4n) is 4.59. The van der Waals surface area contributed by atoms with Crippen molar-refractivity contribution in [1.29, 1.82) is 0 Å². The Hall–Kier alpha value is -4.13. The number of methoxy groups -OCH3 is 2. The van der Waals surface area contributed by atoms with Gasteiger partial charge in [0.1, 0.15) is 17.3 Å². The maximum Gasteiger partial charge on any atom is 0.266 e. The molecule has 3 aromatic carbocycles. The molecule has 7 heteroatoms. The van der Waals surface area contributed by atoms with E-state index in [1.165, 1.54) is 0 Å². The molecule has 1 aromatic heterocycles. The number of aromatic nitrogens is 2. The van der Waals surface area contributed by atoms with Crippen molar-refractivity contribution in [1.82, 2.24) is 14.5 Å². The Morgan fingerprint density at radius 3 is 2.18 bits per heavy atom. The molecule has 7 nitrogen and oxygen atoms in total. The number of carbonyl (C=O) groups is 1. The van der Waals surface area contributed by atoms with Gasteiger partial charge in [0, 0.05) is 18.2 Å². The molecule has 0 bridgehead atoms. The number of amides is 1. The van der Waals surface area contributed by atoms with Crippen molar-refractivity contribution < 1.29 is 14.3 Å². The number of hydrogen-bond acceptors (Lipinski definition) is 5. The van der Waals surface area contributed by atoms with Crippen molar-refractivity contribution in [2.45, 2.75) is 40.7 Å². The number of benzene rings is 3. The summed E-state index contributed by atoms with van der Waals surface area (Å²) in [4.78, 5) is 34.6. The lowest BCUT2D eigenvalue weighted by molar-refractivity contribution is 0.0654. The molecule has 4 rings (SSSR count). The van der Waals surface area contributed by atoms with Gasteiger partial charge >= 0.3 is 0 Å². The number of aryl methyl sites for hydroxylation is 2. The van der Waals surface area contributed by atoms with Gasteiger partial charge in [0.15, 0.2) is 0 Å². The van der Waals surface area contributed by atoms with Crippen LogP contribution in [0.4, 0.5) is 0 Å². The number of para-hydroxylation sites is 1. The molecule has 0 spiro atoms. The third-order valence-corrected chi connectivity index (χ3v) is 6.81. The highest BCUT2D eigenvalue weighted by Crippen LogP contribution is 2.29. The van der Waals surface area contributed by atoms with Gasteiger partial charge in [-0.2, -0.15) is 0 Å². The van der Waals surface area contributed by atoms with E-state index in [1.807, 2.05) is 57.2 Å². The van der Waals surface area contributed by atoms with Gasteiger partial charge in [-0.25, -0.2) is 4.98 Å². The maximum atomic E-state index is 14.0. The first-order valence-corrected chi connectivity index (χ1v) is 12.8. The van der Waals surface area contributed by atoms with Crippen molar-refractivity contribution >= 4 is 16.8 Å². The summed E-state index contributed by atoms with van der Waals surface area (Å²) in [5, 5.41) is 0.529. The van der Waals surface area contributed by atoms with Crippen molar-refractivity contribution in [3.05, 3.63) is 93.5 Å². The summed E-state index contributed by atoms with van der Waals surface area (Å²) in [5.41, 5.74) is 3.79. The summed E-state index contributed by atoms with van der Waals surface area (Å²) in [6, 6.07) is 17.9. The van der Waals surface area contributed by atoms with Crippen LogP contribution in [0.15, 0.2) is 65.5 Å². The minimum atomic E-state index is -0.513. The summed E-state index contributed by atoms with van der Waals surface area (Å²) in [5.74, 6) is 1.54. The molecule has 0 fully saturated rings. The van der Waals surface area contributed by atoms with Crippen LogP contribution in [0.1, 0.15) is 54.1 Å². The molecule has 0 radical (unpaired) electrons. The number of fused-ring (bicyclic) bond motifs is 1. The fraction of sp³-hybridized carbons (Fsp3) is 0.323. The van der Waals surface area contributed by atoms with Gasteiger partial charge in [-0.1, -0.05) is 32.0 Å². The zero-order valence-electron chi connectivity index (χ0n) is 23.1. The SMILES string of the molecule is COc1cc(OC)cc(C(=O)N(CC(C)C)C(C)c2nc3ccccc3c(=O)n2-c2ccc(C)c(C)c2)c1. The Morgan fingerprint density at radius 2 is 1.58 bits per heavy atom. The number of rotatable bonds is 8. The number of hydrogen-bond donors (Lipinski definition) is 0. The van der Waals surface area contributed by atoms with E-state index < -0.39 is 6.04 Å². The molecule has 1 atom stereocenters. The molecule has 0 aliphatic carbocycles. The zero-order valence-corrected chi connectivity index (χ0v) is 23.1. The van der Waals surface area contributed by atoms with Gasteiger partial charge in [0.2, 0.25) is 0 Å². The third kappa shape index (κ3) is 5.28. The van der Waals surface area contributed by atoms with Crippen LogP contribution >= 0.6 is 0 Å². The van der Waals surface area contributed by atoms with Crippen LogP contribution in [0.5, 0.6) is 11.5 Å². The van der Waals surface area contributed by atoms with Crippen LogP contribution in [0.3, 0.4) is 0 Å². The zero-order chi connectivity index (χ0) is 27.6. The molecule has 4 aromatic rings. The van der Waals surface area contributed by atoms with E-state index in [9.17, 15) is 9.59 Å². The van der Waals surface area contributed by atoms with Crippen LogP contribution in [-0.2, 0) is 0 Å². The van der Waals surface area contributed by atoms with Crippen LogP contribution in [0, 0.1) is 19.8 Å². The number of nitrogens with zero attached hydrogens (tertiary/aromatic N) is 3. The Labute approximate surface area is 223 Å². The predicted molar refractivity (Wildman–Crippen MR) is 151 cm³/mol. The maximum absolute atomic E-state index is 14.0. The summed E-state index contributed by atoms with van der Waals surface area (Å²) in [7, 11) is 3.11. The lowest BCUT2D eigenvalue weighted by atomic mass is 10.1. The van der Waals surface area contributed by atoms with E-state index in [1.54, 1.807) is 48.0 Å². The van der Waals surface area contributed by atoms with Crippen molar-refractivity contribution in [3.63, 3.8) is 0 Å². The first-order valence-electron chi connectivity index (χ1n) is 12.8. The van der Waals surface area contributed by atoms with Gasteiger partial charge in [0.25, 0.3) is 11.5 Å². The van der Waals surface area contributed by atoms with Gasteiger partial charge < -0.3 is 14.4 Å². The fourth-order valence-corrected chi connectivity index (χ4v) is 4.59. The number of carbonyl (C=O) groups excluding carboxylic acids is 1. The standard InChI is InChI=1S/C31H35N3O4/c1-19(2)18-33(30(35)23-15-25(37-6)17-26(16-23)38-7)22(5)29-32-28-11-9-8-10-27(28)31(36)34(29)24-13-12-20(3)21(4)14-24/h8-17,19,22H,18H2,1-7H3. The van der Waals surface area contributed by atoms with Crippen molar-refractivity contribution in [2.75, 3.05) is 20.8 Å². The van der Waals surface area contributed by atoms with Crippen LogP contribution in [0.25, 0.3) is 16.6 Å². The number of ether oxygens (including phenoxy) is 2. The van der Waals surface area contributed by atoms with E-state index in [0.29, 0.717) is 40.3 Å². The van der Waals surface area contributed by atoms with Gasteiger partial charge in [-0.15, -0.1) is 0 Å². The monoisotopic (exact) mass is 513 g/mol. The largest absolute Gasteiger partial charge is 0.497 e. The van der Waals surface area contributed by atoms with Crippen LogP contribution in [-0.4, -0.2) is 41.1 Å². The molecule has 0 saturated carbocycles. The summed E-state index contributed by atoms with van der Waals surface area (Å²) >= 11 is 0. The first kappa shape index (κ1) is 26.9. The van der Waals surface area contributed by atoms with Gasteiger partial charge in [-0.3, -0.25) is 14.2 Å². The van der Waals surface area contributed by atoms with E-state index in [-0.39, 0.29) is 17.4 Å². The normalized spacial score (nSPS) is 12.0. The van der Waals surface area contributed by atoms with E-state index in [0.717, 1.165) is 16.8 Å². The van der Waals surface area contributed by atoms with Crippen LogP contribution in [0.2, 0.25) is 0 Å². The molecule has 0 N–H and O–H groups in total. The molecular weight excluding hydrogens is 478 g/mol. The highest BCUT2D eigenvalue weighted by atomic mass is 16.5. The molecule has 1 unspecified atom stereocenters. The average Bonchev–Trinajstić information content (AvgIpc) is 2.92. The minimum absolute atomic E-state index is 0.166. The molecule has 38 heavy (non-hydrogen) atoms. The third-order valence-electron chi connectivity index (χ3n) is 6.81. The smallest absolute Gasteiger partial charge is 0.266 e. The Balaban J connectivity index is 1.93. The average molecular weight is 514 g/mol. The topological polar surface area (TPSA) is 73.7 Å². The Kier molecular flexibility index (Phi) is 7.86. The predicted octanol–water partition coefficient (Wildman–Crippen LogP) is 5.88. The second-order valence-electron chi connectivity index (χ2n) is 10.0. The summed E-state index contributed by atoms with van der Waals surface area (Å²) in [6.45, 7) is 10.6. The second-order valence-corrected chi connectivity index (χ2v) is 10.0. The molecule has 1 amide bonds. The Bertz CT molecular complexity index is 1520. The minimum Gasteiger partial charge on any atom is -0.497 e. The molecule has 0 aliphatic heterocycles. The lowest BCUT2D eigenvalue weighted by Crippen LogP contribution is -2.39. The summed E-state index contributed by atoms with van der Waals surface area (Å²) in [6.07, 6.45) is 0. The van der Waals surface area contributed by atoms with E-state index in [4.69, 9.17) is 14.5 Å². The van der Waals surface area contributed by atoms with Crippen molar-refractivity contribution in [2.24, 2.45) is 5.92 Å². The molecular formula is C31H35N3O4. The van der Waals surface area contributed by atoms with Crippen molar-refractivity contribution in [3.8, 4) is 17.2 Å². The molecule has 1 heterocycles. The quantitative estimate of drug-likeness (QED) is 0.294. The lowest BCUT2D eigenvalue weighted by Gasteiger charge is -2.32. The molecule has 0 aliphatic rings. The van der Waals surface area contributed by atoms with Gasteiger partial charge in [-0.05, 0) is 74.2 Å². The van der Waals surface area contributed by atoms with E-state index in [2.05, 4.69) is 13.8 Å².